The lowest BCUT2D eigenvalue weighted by Gasteiger charge is -2.25. The standard InChI is InChI=1S/C24H25N3O3/c1-3-30-22-7-5-4-6-20(22)17-8-9-21-19(14-17)15-18(24(28)29)10-12-27(21)16-23-25-11-13-26(23)2/h4-9,11,13-15H,3,10,12,16H2,1-2H3,(H,28,29). The number of nitrogens with zero attached hydrogens (tertiary/aromatic N) is 3. The zero-order valence-electron chi connectivity index (χ0n) is 17.2. The van der Waals surface area contributed by atoms with Crippen LogP contribution in [-0.2, 0) is 18.4 Å². The number of para-hydroxylation sites is 1. The van der Waals surface area contributed by atoms with Crippen molar-refractivity contribution >= 4 is 17.7 Å². The fourth-order valence-corrected chi connectivity index (χ4v) is 3.80. The number of carbonyl (C=O) groups is 1. The first-order chi connectivity index (χ1) is 14.6. The Balaban J connectivity index is 1.78. The molecule has 0 fully saturated rings. The third-order valence-corrected chi connectivity index (χ3v) is 5.37. The van der Waals surface area contributed by atoms with E-state index < -0.39 is 5.97 Å². The maximum absolute atomic E-state index is 11.8. The number of aryl methyl sites for hydroxylation is 1. The molecular formula is C24H25N3O3. The molecule has 0 bridgehead atoms. The highest BCUT2D eigenvalue weighted by atomic mass is 16.5. The van der Waals surface area contributed by atoms with Crippen LogP contribution in [0.5, 0.6) is 5.75 Å². The molecule has 3 aromatic rings. The lowest BCUT2D eigenvalue weighted by atomic mass is 9.99. The van der Waals surface area contributed by atoms with Gasteiger partial charge in [0.05, 0.1) is 13.2 Å². The first-order valence-electron chi connectivity index (χ1n) is 10.1. The van der Waals surface area contributed by atoms with E-state index >= 15 is 0 Å². The van der Waals surface area contributed by atoms with Gasteiger partial charge in [-0.05, 0) is 48.7 Å². The SMILES string of the molecule is CCOc1ccccc1-c1ccc2c(c1)C=C(C(=O)O)CCN2Cc1nccn1C. The monoisotopic (exact) mass is 403 g/mol. The predicted molar refractivity (Wildman–Crippen MR) is 118 cm³/mol. The molecule has 0 spiro atoms. The number of carboxylic acids is 1. The van der Waals surface area contributed by atoms with Gasteiger partial charge in [0.1, 0.15) is 11.6 Å². The van der Waals surface area contributed by atoms with Gasteiger partial charge in [0.2, 0.25) is 0 Å². The number of rotatable bonds is 6. The third kappa shape index (κ3) is 3.94. The van der Waals surface area contributed by atoms with Crippen LogP contribution in [0, 0.1) is 0 Å². The summed E-state index contributed by atoms with van der Waals surface area (Å²) in [6, 6.07) is 14.1. The number of carboxylic acid groups (broad SMARTS) is 1. The first-order valence-corrected chi connectivity index (χ1v) is 10.1. The Morgan fingerprint density at radius 3 is 2.80 bits per heavy atom. The van der Waals surface area contributed by atoms with Crippen LogP contribution >= 0.6 is 0 Å². The highest BCUT2D eigenvalue weighted by Gasteiger charge is 2.21. The molecule has 6 heteroatoms. The van der Waals surface area contributed by atoms with E-state index in [0.717, 1.165) is 34.0 Å². The number of aliphatic carboxylic acids is 1. The van der Waals surface area contributed by atoms with Gasteiger partial charge >= 0.3 is 5.97 Å². The molecule has 6 nitrogen and oxygen atoms in total. The van der Waals surface area contributed by atoms with Gasteiger partial charge in [-0.3, -0.25) is 0 Å². The average molecular weight is 403 g/mol. The number of benzene rings is 2. The average Bonchev–Trinajstić information content (AvgIpc) is 3.05. The molecule has 0 atom stereocenters. The summed E-state index contributed by atoms with van der Waals surface area (Å²) in [5.41, 5.74) is 4.30. The third-order valence-electron chi connectivity index (χ3n) is 5.37. The second kappa shape index (κ2) is 8.45. The smallest absolute Gasteiger partial charge is 0.331 e. The maximum Gasteiger partial charge on any atom is 0.331 e. The van der Waals surface area contributed by atoms with E-state index in [4.69, 9.17) is 4.74 Å². The maximum atomic E-state index is 11.8. The van der Waals surface area contributed by atoms with Crippen LogP contribution in [0.3, 0.4) is 0 Å². The molecule has 0 aliphatic carbocycles. The van der Waals surface area contributed by atoms with Gasteiger partial charge in [0.15, 0.2) is 0 Å². The van der Waals surface area contributed by atoms with E-state index in [-0.39, 0.29) is 0 Å². The van der Waals surface area contributed by atoms with E-state index in [1.807, 2.05) is 55.1 Å². The van der Waals surface area contributed by atoms with Crippen molar-refractivity contribution in [2.75, 3.05) is 18.1 Å². The van der Waals surface area contributed by atoms with Gasteiger partial charge < -0.3 is 19.3 Å². The van der Waals surface area contributed by atoms with Crippen molar-refractivity contribution < 1.29 is 14.6 Å². The van der Waals surface area contributed by atoms with Crippen molar-refractivity contribution in [1.29, 1.82) is 0 Å². The lowest BCUT2D eigenvalue weighted by Crippen LogP contribution is -2.26. The number of aromatic nitrogens is 2. The Labute approximate surface area is 176 Å². The Hall–Kier alpha value is -3.54. The summed E-state index contributed by atoms with van der Waals surface area (Å²) in [5.74, 6) is 0.881. The highest BCUT2D eigenvalue weighted by molar-refractivity contribution is 5.94. The fraction of sp³-hybridized carbons (Fsp3) is 0.250. The van der Waals surface area contributed by atoms with E-state index in [1.165, 1.54) is 0 Å². The molecule has 4 rings (SSSR count). The topological polar surface area (TPSA) is 67.6 Å². The normalized spacial score (nSPS) is 13.4. The number of imidazole rings is 1. The van der Waals surface area contributed by atoms with E-state index in [2.05, 4.69) is 22.0 Å². The molecule has 1 aliphatic rings. The molecule has 30 heavy (non-hydrogen) atoms. The summed E-state index contributed by atoms with van der Waals surface area (Å²) < 4.78 is 7.78. The second-order valence-electron chi connectivity index (χ2n) is 7.30. The van der Waals surface area contributed by atoms with Gasteiger partial charge in [-0.1, -0.05) is 24.3 Å². The van der Waals surface area contributed by atoms with Crippen LogP contribution in [0.2, 0.25) is 0 Å². The second-order valence-corrected chi connectivity index (χ2v) is 7.30. The van der Waals surface area contributed by atoms with Crippen molar-refractivity contribution in [3.8, 4) is 16.9 Å². The zero-order chi connectivity index (χ0) is 21.1. The van der Waals surface area contributed by atoms with Crippen molar-refractivity contribution in [2.45, 2.75) is 19.9 Å². The summed E-state index contributed by atoms with van der Waals surface area (Å²) >= 11 is 0. The molecule has 1 aliphatic heterocycles. The molecule has 2 heterocycles. The van der Waals surface area contributed by atoms with Gasteiger partial charge in [-0.15, -0.1) is 0 Å². The molecule has 2 aromatic carbocycles. The highest BCUT2D eigenvalue weighted by Crippen LogP contribution is 2.36. The quantitative estimate of drug-likeness (QED) is 0.662. The molecular weight excluding hydrogens is 378 g/mol. The molecule has 0 unspecified atom stereocenters. The summed E-state index contributed by atoms with van der Waals surface area (Å²) in [4.78, 5) is 18.4. The predicted octanol–water partition coefficient (Wildman–Crippen LogP) is 4.36. The minimum Gasteiger partial charge on any atom is -0.493 e. The van der Waals surface area contributed by atoms with Crippen LogP contribution in [0.25, 0.3) is 17.2 Å². The van der Waals surface area contributed by atoms with E-state index in [1.54, 1.807) is 12.3 Å². The molecule has 0 amide bonds. The summed E-state index contributed by atoms with van der Waals surface area (Å²) in [7, 11) is 1.97. The van der Waals surface area contributed by atoms with E-state index in [0.29, 0.717) is 31.7 Å². The Morgan fingerprint density at radius 1 is 1.23 bits per heavy atom. The molecule has 1 N–H and O–H groups in total. The molecule has 0 radical (unpaired) electrons. The van der Waals surface area contributed by atoms with Gasteiger partial charge in [-0.2, -0.15) is 0 Å². The van der Waals surface area contributed by atoms with Crippen LogP contribution in [0.4, 0.5) is 5.69 Å². The molecule has 154 valence electrons. The van der Waals surface area contributed by atoms with Gasteiger partial charge in [0.25, 0.3) is 0 Å². The Bertz CT molecular complexity index is 1100. The lowest BCUT2D eigenvalue weighted by molar-refractivity contribution is -0.132. The summed E-state index contributed by atoms with van der Waals surface area (Å²) in [5, 5.41) is 9.65. The number of hydrogen-bond acceptors (Lipinski definition) is 4. The van der Waals surface area contributed by atoms with Crippen LogP contribution < -0.4 is 9.64 Å². The zero-order valence-corrected chi connectivity index (χ0v) is 17.2. The van der Waals surface area contributed by atoms with Crippen molar-refractivity contribution in [3.63, 3.8) is 0 Å². The van der Waals surface area contributed by atoms with Crippen molar-refractivity contribution in [2.24, 2.45) is 7.05 Å². The summed E-state index contributed by atoms with van der Waals surface area (Å²) in [6.07, 6.45) is 5.97. The van der Waals surface area contributed by atoms with Crippen molar-refractivity contribution in [1.82, 2.24) is 9.55 Å². The van der Waals surface area contributed by atoms with Crippen LogP contribution in [-0.4, -0.2) is 33.8 Å². The largest absolute Gasteiger partial charge is 0.493 e. The molecule has 0 saturated heterocycles. The van der Waals surface area contributed by atoms with Gasteiger partial charge in [-0.25, -0.2) is 9.78 Å². The minimum absolute atomic E-state index is 0.411. The number of anilines is 1. The first kappa shape index (κ1) is 19.8. The van der Waals surface area contributed by atoms with E-state index in [9.17, 15) is 9.90 Å². The number of hydrogen-bond donors (Lipinski definition) is 1. The molecule has 1 aromatic heterocycles. The molecule has 0 saturated carbocycles. The Morgan fingerprint density at radius 2 is 2.07 bits per heavy atom. The Kier molecular flexibility index (Phi) is 5.57. The number of ether oxygens (including phenoxy) is 1. The van der Waals surface area contributed by atoms with Gasteiger partial charge in [0, 0.05) is 42.8 Å². The van der Waals surface area contributed by atoms with Crippen molar-refractivity contribution in [3.05, 3.63) is 71.8 Å². The fourth-order valence-electron chi connectivity index (χ4n) is 3.80. The number of fused-ring (bicyclic) bond motifs is 1. The van der Waals surface area contributed by atoms with Crippen LogP contribution in [0.1, 0.15) is 24.7 Å². The van der Waals surface area contributed by atoms with Crippen LogP contribution in [0.15, 0.2) is 60.4 Å². The minimum atomic E-state index is -0.875. The summed E-state index contributed by atoms with van der Waals surface area (Å²) in [6.45, 7) is 3.78.